The van der Waals surface area contributed by atoms with Crippen LogP contribution in [0.4, 0.5) is 0 Å². The molecule has 0 radical (unpaired) electrons. The fraction of sp³-hybridized carbons (Fsp3) is 0.636. The minimum atomic E-state index is -3.42. The molecule has 0 aliphatic heterocycles. The van der Waals surface area contributed by atoms with Crippen LogP contribution in [0.2, 0.25) is 0 Å². The van der Waals surface area contributed by atoms with Crippen molar-refractivity contribution in [3.8, 4) is 0 Å². The summed E-state index contributed by atoms with van der Waals surface area (Å²) in [5, 5.41) is 0.526. The van der Waals surface area contributed by atoms with Gasteiger partial charge in [-0.25, -0.2) is 12.7 Å². The van der Waals surface area contributed by atoms with E-state index in [1.807, 2.05) is 20.8 Å². The first kappa shape index (κ1) is 22.9. The Hall–Kier alpha value is -1.37. The number of hydrogen-bond donors (Lipinski definition) is 1. The second-order valence-corrected chi connectivity index (χ2v) is 11.3. The predicted octanol–water partition coefficient (Wildman–Crippen LogP) is 4.44. The lowest BCUT2D eigenvalue weighted by Gasteiger charge is -2.30. The SMILES string of the molecule is CCN(C)CC(C)(C)c1c[nH]c2cc(C)c(C(C)S(=O)(=O)N(C)C(C)C)cc12. The number of nitrogens with one attached hydrogen (secondary N) is 1. The van der Waals surface area contributed by atoms with Crippen LogP contribution >= 0.6 is 0 Å². The summed E-state index contributed by atoms with van der Waals surface area (Å²) in [6.45, 7) is 16.2. The number of aryl methyl sites for hydroxylation is 1. The third-order valence-electron chi connectivity index (χ3n) is 6.02. The molecular formula is C22H37N3O2S. The Balaban J connectivity index is 2.57. The molecule has 0 amide bonds. The Bertz CT molecular complexity index is 929. The first-order valence-electron chi connectivity index (χ1n) is 10.1. The van der Waals surface area contributed by atoms with E-state index in [9.17, 15) is 8.42 Å². The largest absolute Gasteiger partial charge is 0.361 e. The van der Waals surface area contributed by atoms with E-state index in [-0.39, 0.29) is 11.5 Å². The summed E-state index contributed by atoms with van der Waals surface area (Å²) in [5.41, 5.74) is 4.11. The zero-order chi connectivity index (χ0) is 21.4. The van der Waals surface area contributed by atoms with Crippen LogP contribution in [0.3, 0.4) is 0 Å². The Labute approximate surface area is 171 Å². The van der Waals surface area contributed by atoms with E-state index in [0.29, 0.717) is 0 Å². The van der Waals surface area contributed by atoms with E-state index in [4.69, 9.17) is 0 Å². The van der Waals surface area contributed by atoms with E-state index in [0.717, 1.165) is 35.1 Å². The second-order valence-electron chi connectivity index (χ2n) is 8.97. The van der Waals surface area contributed by atoms with Gasteiger partial charge in [-0.3, -0.25) is 0 Å². The van der Waals surface area contributed by atoms with Gasteiger partial charge in [0.05, 0.1) is 5.25 Å². The monoisotopic (exact) mass is 407 g/mol. The highest BCUT2D eigenvalue weighted by atomic mass is 32.2. The minimum absolute atomic E-state index is 0.0492. The normalized spacial score (nSPS) is 14.6. The molecule has 5 nitrogen and oxygen atoms in total. The van der Waals surface area contributed by atoms with Crippen LogP contribution in [0.15, 0.2) is 18.3 Å². The molecule has 6 heteroatoms. The van der Waals surface area contributed by atoms with Crippen molar-refractivity contribution in [3.05, 3.63) is 35.0 Å². The highest BCUT2D eigenvalue weighted by Gasteiger charge is 2.31. The van der Waals surface area contributed by atoms with Crippen LogP contribution in [-0.4, -0.2) is 55.8 Å². The van der Waals surface area contributed by atoms with E-state index in [1.165, 1.54) is 9.87 Å². The molecule has 2 rings (SSSR count). The van der Waals surface area contributed by atoms with Gasteiger partial charge in [0, 0.05) is 42.1 Å². The lowest BCUT2D eigenvalue weighted by atomic mass is 9.83. The number of fused-ring (bicyclic) bond motifs is 1. The average Bonchev–Trinajstić information content (AvgIpc) is 3.02. The number of benzene rings is 1. The summed E-state index contributed by atoms with van der Waals surface area (Å²) >= 11 is 0. The van der Waals surface area contributed by atoms with Gasteiger partial charge in [0.2, 0.25) is 10.0 Å². The van der Waals surface area contributed by atoms with Gasteiger partial charge < -0.3 is 9.88 Å². The first-order valence-corrected chi connectivity index (χ1v) is 11.6. The molecule has 1 atom stereocenters. The summed E-state index contributed by atoms with van der Waals surface area (Å²) < 4.78 is 27.6. The second kappa shape index (κ2) is 8.17. The van der Waals surface area contributed by atoms with Gasteiger partial charge in [0.25, 0.3) is 0 Å². The molecule has 1 N–H and O–H groups in total. The minimum Gasteiger partial charge on any atom is -0.361 e. The summed E-state index contributed by atoms with van der Waals surface area (Å²) in [6, 6.07) is 4.10. The van der Waals surface area contributed by atoms with Crippen molar-refractivity contribution >= 4 is 20.9 Å². The molecule has 0 bridgehead atoms. The maximum absolute atomic E-state index is 13.1. The van der Waals surface area contributed by atoms with Crippen LogP contribution in [0, 0.1) is 6.92 Å². The third kappa shape index (κ3) is 4.29. The molecular weight excluding hydrogens is 370 g/mol. The number of aromatic nitrogens is 1. The molecule has 0 saturated carbocycles. The van der Waals surface area contributed by atoms with E-state index in [1.54, 1.807) is 14.0 Å². The smallest absolute Gasteiger partial charge is 0.220 e. The number of H-pyrrole nitrogens is 1. The van der Waals surface area contributed by atoms with Gasteiger partial charge in [-0.2, -0.15) is 0 Å². The van der Waals surface area contributed by atoms with Crippen molar-refractivity contribution in [2.24, 2.45) is 0 Å². The maximum Gasteiger partial charge on any atom is 0.220 e. The molecule has 1 heterocycles. The number of aromatic amines is 1. The number of rotatable bonds is 8. The van der Waals surface area contributed by atoms with Crippen LogP contribution in [0.1, 0.15) is 63.5 Å². The van der Waals surface area contributed by atoms with Crippen molar-refractivity contribution in [2.45, 2.75) is 65.2 Å². The summed E-state index contributed by atoms with van der Waals surface area (Å²) in [4.78, 5) is 5.70. The van der Waals surface area contributed by atoms with Gasteiger partial charge in [-0.15, -0.1) is 0 Å². The Morgan fingerprint density at radius 3 is 2.29 bits per heavy atom. The van der Waals surface area contributed by atoms with Gasteiger partial charge in [-0.05, 0) is 70.1 Å². The molecule has 2 aromatic rings. The molecule has 0 aliphatic carbocycles. The first-order chi connectivity index (χ1) is 12.8. The number of hydrogen-bond acceptors (Lipinski definition) is 3. The van der Waals surface area contributed by atoms with Crippen LogP contribution in [0.5, 0.6) is 0 Å². The van der Waals surface area contributed by atoms with E-state index < -0.39 is 15.3 Å². The van der Waals surface area contributed by atoms with Crippen molar-refractivity contribution in [2.75, 3.05) is 27.2 Å². The third-order valence-corrected chi connectivity index (χ3v) is 8.39. The fourth-order valence-corrected chi connectivity index (χ4v) is 5.53. The quantitative estimate of drug-likeness (QED) is 0.704. The fourth-order valence-electron chi connectivity index (χ4n) is 3.87. The van der Waals surface area contributed by atoms with Crippen LogP contribution in [0.25, 0.3) is 10.9 Å². The molecule has 0 fully saturated rings. The highest BCUT2D eigenvalue weighted by molar-refractivity contribution is 7.89. The molecule has 0 aliphatic rings. The van der Waals surface area contributed by atoms with Gasteiger partial charge in [0.15, 0.2) is 0 Å². The molecule has 1 aromatic carbocycles. The van der Waals surface area contributed by atoms with Gasteiger partial charge in [-0.1, -0.05) is 20.8 Å². The van der Waals surface area contributed by atoms with Crippen LogP contribution < -0.4 is 0 Å². The zero-order valence-electron chi connectivity index (χ0n) is 18.9. The molecule has 0 saturated heterocycles. The summed E-state index contributed by atoms with van der Waals surface area (Å²) in [6.07, 6.45) is 2.08. The van der Waals surface area contributed by atoms with Gasteiger partial charge >= 0.3 is 0 Å². The summed E-state index contributed by atoms with van der Waals surface area (Å²) in [7, 11) is 0.368. The van der Waals surface area contributed by atoms with Gasteiger partial charge in [0.1, 0.15) is 0 Å². The lowest BCUT2D eigenvalue weighted by molar-refractivity contribution is 0.281. The number of likely N-dealkylation sites (N-methyl/N-ethyl adjacent to an activating group) is 1. The number of nitrogens with zero attached hydrogens (tertiary/aromatic N) is 2. The molecule has 0 spiro atoms. The van der Waals surface area contributed by atoms with Crippen molar-refractivity contribution < 1.29 is 8.42 Å². The summed E-state index contributed by atoms with van der Waals surface area (Å²) in [5.74, 6) is 0. The molecule has 1 unspecified atom stereocenters. The Morgan fingerprint density at radius 2 is 1.75 bits per heavy atom. The molecule has 158 valence electrons. The molecule has 1 aromatic heterocycles. The maximum atomic E-state index is 13.1. The Morgan fingerprint density at radius 1 is 1.14 bits per heavy atom. The molecule has 28 heavy (non-hydrogen) atoms. The highest BCUT2D eigenvalue weighted by Crippen LogP contribution is 2.36. The predicted molar refractivity (Wildman–Crippen MR) is 119 cm³/mol. The van der Waals surface area contributed by atoms with Crippen LogP contribution in [-0.2, 0) is 15.4 Å². The van der Waals surface area contributed by atoms with Crippen molar-refractivity contribution in [1.82, 2.24) is 14.2 Å². The standard InChI is InChI=1S/C22H37N3O2S/c1-10-24(8)14-22(6,7)20-13-23-21-11-16(4)18(12-19(20)21)17(5)28(26,27)25(9)15(2)3/h11-13,15,17,23H,10,14H2,1-9H3. The average molecular weight is 408 g/mol. The van der Waals surface area contributed by atoms with Crippen molar-refractivity contribution in [1.29, 1.82) is 0 Å². The Kier molecular flexibility index (Phi) is 6.68. The van der Waals surface area contributed by atoms with E-state index >= 15 is 0 Å². The van der Waals surface area contributed by atoms with E-state index in [2.05, 4.69) is 56.0 Å². The zero-order valence-corrected chi connectivity index (χ0v) is 19.7. The lowest BCUT2D eigenvalue weighted by Crippen LogP contribution is -2.36. The van der Waals surface area contributed by atoms with Crippen molar-refractivity contribution in [3.63, 3.8) is 0 Å². The topological polar surface area (TPSA) is 56.4 Å². The number of sulfonamides is 1.